The number of carboxylic acid groups (broad SMARTS) is 1. The highest BCUT2D eigenvalue weighted by atomic mass is 32.2. The molecule has 23 heavy (non-hydrogen) atoms. The Hall–Kier alpha value is -2.48. The lowest BCUT2D eigenvalue weighted by atomic mass is 10.2. The number of methoxy groups -OCH3 is 1. The van der Waals surface area contributed by atoms with Crippen LogP contribution in [0.1, 0.15) is 5.56 Å². The topological polar surface area (TPSA) is 88.4 Å². The molecule has 1 aliphatic rings. The number of rotatable bonds is 5. The maximum atomic E-state index is 12.1. The van der Waals surface area contributed by atoms with Gasteiger partial charge in [0, 0.05) is 14.1 Å². The monoisotopic (exact) mass is 336 g/mol. The highest BCUT2D eigenvalue weighted by Crippen LogP contribution is 2.33. The number of hydrogen-bond acceptors (Lipinski definition) is 6. The lowest BCUT2D eigenvalue weighted by Gasteiger charge is -2.09. The Morgan fingerprint density at radius 1 is 1.43 bits per heavy atom. The van der Waals surface area contributed by atoms with Crippen molar-refractivity contribution in [2.45, 2.75) is 0 Å². The zero-order valence-corrected chi connectivity index (χ0v) is 13.7. The van der Waals surface area contributed by atoms with Crippen molar-refractivity contribution >= 4 is 34.9 Å². The van der Waals surface area contributed by atoms with E-state index in [2.05, 4.69) is 4.99 Å². The van der Waals surface area contributed by atoms with Crippen LogP contribution in [0.5, 0.6) is 11.5 Å². The highest BCUT2D eigenvalue weighted by molar-refractivity contribution is 8.18. The predicted molar refractivity (Wildman–Crippen MR) is 87.8 cm³/mol. The molecule has 1 saturated heterocycles. The third kappa shape index (κ3) is 3.84. The molecule has 1 aromatic rings. The second kappa shape index (κ2) is 7.19. The summed E-state index contributed by atoms with van der Waals surface area (Å²) in [7, 11) is 4.76. The molecule has 1 aromatic carbocycles. The Kier molecular flexibility index (Phi) is 5.28. The number of nitrogens with zero attached hydrogens (tertiary/aromatic N) is 2. The minimum Gasteiger partial charge on any atom is -0.493 e. The van der Waals surface area contributed by atoms with Gasteiger partial charge in [-0.05, 0) is 35.5 Å². The van der Waals surface area contributed by atoms with Gasteiger partial charge in [-0.25, -0.2) is 4.79 Å². The number of carbonyl (C=O) groups is 2. The summed E-state index contributed by atoms with van der Waals surface area (Å²) in [6.07, 6.45) is 1.73. The number of benzene rings is 1. The van der Waals surface area contributed by atoms with Crippen molar-refractivity contribution in [1.29, 1.82) is 0 Å². The van der Waals surface area contributed by atoms with E-state index in [1.165, 1.54) is 23.8 Å². The lowest BCUT2D eigenvalue weighted by Crippen LogP contribution is -2.23. The van der Waals surface area contributed by atoms with E-state index >= 15 is 0 Å². The molecule has 7 nitrogen and oxygen atoms in total. The predicted octanol–water partition coefficient (Wildman–Crippen LogP) is 1.69. The summed E-state index contributed by atoms with van der Waals surface area (Å²) >= 11 is 1.29. The van der Waals surface area contributed by atoms with Crippen molar-refractivity contribution in [2.24, 2.45) is 4.99 Å². The van der Waals surface area contributed by atoms with Crippen LogP contribution in [-0.2, 0) is 9.59 Å². The number of carbonyl (C=O) groups excluding carboxylic acids is 1. The van der Waals surface area contributed by atoms with Gasteiger partial charge in [-0.3, -0.25) is 14.7 Å². The quantitative estimate of drug-likeness (QED) is 0.823. The molecule has 0 saturated carbocycles. The van der Waals surface area contributed by atoms with Crippen molar-refractivity contribution in [2.75, 3.05) is 27.8 Å². The van der Waals surface area contributed by atoms with E-state index in [1.807, 2.05) is 0 Å². The summed E-state index contributed by atoms with van der Waals surface area (Å²) in [5, 5.41) is 9.29. The van der Waals surface area contributed by atoms with Crippen LogP contribution in [0, 0.1) is 0 Å². The number of amidine groups is 1. The average molecular weight is 336 g/mol. The summed E-state index contributed by atoms with van der Waals surface area (Å²) < 4.78 is 10.3. The number of hydrogen-bond donors (Lipinski definition) is 1. The van der Waals surface area contributed by atoms with Crippen molar-refractivity contribution in [3.05, 3.63) is 28.7 Å². The largest absolute Gasteiger partial charge is 0.493 e. The Bertz CT molecular complexity index is 699. The number of carboxylic acids is 1. The molecule has 0 bridgehead atoms. The average Bonchev–Trinajstić information content (AvgIpc) is 2.81. The Morgan fingerprint density at radius 2 is 2.17 bits per heavy atom. The fourth-order valence-electron chi connectivity index (χ4n) is 1.93. The summed E-state index contributed by atoms with van der Waals surface area (Å²) in [5.41, 5.74) is 0.742. The number of ether oxygens (including phenoxy) is 2. The summed E-state index contributed by atoms with van der Waals surface area (Å²) in [6, 6.07) is 5.01. The van der Waals surface area contributed by atoms with Crippen LogP contribution in [0.3, 0.4) is 0 Å². The van der Waals surface area contributed by atoms with Gasteiger partial charge in [-0.2, -0.15) is 0 Å². The van der Waals surface area contributed by atoms with Gasteiger partial charge in [0.25, 0.3) is 5.91 Å². The van der Waals surface area contributed by atoms with Crippen LogP contribution in [0.2, 0.25) is 0 Å². The Labute approximate surface area is 137 Å². The van der Waals surface area contributed by atoms with Crippen LogP contribution < -0.4 is 9.47 Å². The van der Waals surface area contributed by atoms with Gasteiger partial charge in [-0.1, -0.05) is 6.07 Å². The number of thioether (sulfide) groups is 1. The highest BCUT2D eigenvalue weighted by Gasteiger charge is 2.29. The minimum absolute atomic E-state index is 0.124. The molecule has 1 heterocycles. The van der Waals surface area contributed by atoms with Gasteiger partial charge >= 0.3 is 5.97 Å². The molecule has 0 spiro atoms. The fourth-order valence-corrected chi connectivity index (χ4v) is 2.86. The second-order valence-electron chi connectivity index (χ2n) is 4.57. The molecule has 0 unspecified atom stereocenters. The molecule has 0 atom stereocenters. The van der Waals surface area contributed by atoms with Crippen molar-refractivity contribution in [3.63, 3.8) is 0 Å². The van der Waals surface area contributed by atoms with Crippen LogP contribution >= 0.6 is 11.8 Å². The summed E-state index contributed by atoms with van der Waals surface area (Å²) in [4.78, 5) is 28.8. The number of aliphatic carboxylic acids is 1. The first-order valence-corrected chi connectivity index (χ1v) is 7.45. The zero-order valence-electron chi connectivity index (χ0n) is 12.9. The van der Waals surface area contributed by atoms with Crippen LogP contribution in [0.25, 0.3) is 6.08 Å². The first-order chi connectivity index (χ1) is 11.0. The standard InChI is InChI=1S/C15H16N2O5S/c1-16-15-17(2)14(20)12(23-15)7-9-4-5-10(11(6-9)21-3)22-8-13(18)19/h4-7H,8H2,1-3H3,(H,18,19)/b12-7+,16-15?. The summed E-state index contributed by atoms with van der Waals surface area (Å²) in [5.74, 6) is -0.467. The fraction of sp³-hybridized carbons (Fsp3) is 0.267. The molecular weight excluding hydrogens is 320 g/mol. The number of amides is 1. The lowest BCUT2D eigenvalue weighted by molar-refractivity contribution is -0.139. The molecule has 0 aromatic heterocycles. The Balaban J connectivity index is 2.26. The third-order valence-corrected chi connectivity index (χ3v) is 4.18. The zero-order chi connectivity index (χ0) is 17.0. The number of likely N-dealkylation sites (N-methyl/N-ethyl adjacent to an activating group) is 1. The van der Waals surface area contributed by atoms with E-state index in [0.717, 1.165) is 5.56 Å². The van der Waals surface area contributed by atoms with Gasteiger partial charge in [0.1, 0.15) is 0 Å². The van der Waals surface area contributed by atoms with Crippen molar-refractivity contribution < 1.29 is 24.2 Å². The molecule has 0 aliphatic carbocycles. The molecule has 1 aliphatic heterocycles. The molecule has 122 valence electrons. The van der Waals surface area contributed by atoms with Crippen molar-refractivity contribution in [3.8, 4) is 11.5 Å². The van der Waals surface area contributed by atoms with Gasteiger partial charge in [0.05, 0.1) is 12.0 Å². The van der Waals surface area contributed by atoms with Crippen LogP contribution in [0.15, 0.2) is 28.1 Å². The van der Waals surface area contributed by atoms with E-state index in [4.69, 9.17) is 14.6 Å². The molecule has 1 N–H and O–H groups in total. The van der Waals surface area contributed by atoms with E-state index in [9.17, 15) is 9.59 Å². The summed E-state index contributed by atoms with van der Waals surface area (Å²) in [6.45, 7) is -0.452. The molecule has 8 heteroatoms. The van der Waals surface area contributed by atoms with E-state index < -0.39 is 12.6 Å². The SMILES string of the molecule is CN=C1S/C(=C/c2ccc(OCC(=O)O)c(OC)c2)C(=O)N1C. The van der Waals surface area contributed by atoms with E-state index in [1.54, 1.807) is 38.4 Å². The molecular formula is C15H16N2O5S. The van der Waals surface area contributed by atoms with Crippen LogP contribution in [-0.4, -0.2) is 54.9 Å². The minimum atomic E-state index is -1.07. The smallest absolute Gasteiger partial charge is 0.341 e. The molecule has 1 amide bonds. The van der Waals surface area contributed by atoms with Crippen molar-refractivity contribution in [1.82, 2.24) is 4.90 Å². The van der Waals surface area contributed by atoms with E-state index in [0.29, 0.717) is 21.6 Å². The molecule has 0 radical (unpaired) electrons. The first kappa shape index (κ1) is 16.9. The van der Waals surface area contributed by atoms with Gasteiger partial charge < -0.3 is 14.6 Å². The maximum absolute atomic E-state index is 12.1. The second-order valence-corrected chi connectivity index (χ2v) is 5.58. The van der Waals surface area contributed by atoms with Crippen LogP contribution in [0.4, 0.5) is 0 Å². The van der Waals surface area contributed by atoms with Gasteiger partial charge in [0.15, 0.2) is 23.3 Å². The third-order valence-electron chi connectivity index (χ3n) is 3.03. The maximum Gasteiger partial charge on any atom is 0.341 e. The number of aliphatic imine (C=N–C) groups is 1. The van der Waals surface area contributed by atoms with Gasteiger partial charge in [-0.15, -0.1) is 0 Å². The molecule has 1 fully saturated rings. The molecule has 2 rings (SSSR count). The Morgan fingerprint density at radius 3 is 2.74 bits per heavy atom. The first-order valence-electron chi connectivity index (χ1n) is 6.63. The van der Waals surface area contributed by atoms with Gasteiger partial charge in [0.2, 0.25) is 0 Å². The van der Waals surface area contributed by atoms with E-state index in [-0.39, 0.29) is 5.91 Å². The normalized spacial score (nSPS) is 17.9.